The molecule has 0 bridgehead atoms. The number of rotatable bonds is 4. The molecule has 2 N–H and O–H groups in total. The van der Waals surface area contributed by atoms with Crippen molar-refractivity contribution in [3.8, 4) is 0 Å². The van der Waals surface area contributed by atoms with E-state index in [1.165, 1.54) is 11.3 Å². The average molecular weight is 364 g/mol. The number of anilines is 1. The van der Waals surface area contributed by atoms with Crippen molar-refractivity contribution in [1.29, 1.82) is 0 Å². The molecule has 1 unspecified atom stereocenters. The predicted molar refractivity (Wildman–Crippen MR) is 92.0 cm³/mol. The van der Waals surface area contributed by atoms with E-state index in [0.717, 1.165) is 9.78 Å². The van der Waals surface area contributed by atoms with E-state index in [9.17, 15) is 14.4 Å². The van der Waals surface area contributed by atoms with Crippen LogP contribution in [0.25, 0.3) is 0 Å². The van der Waals surface area contributed by atoms with E-state index in [1.807, 2.05) is 5.38 Å². The standard InChI is InChI=1S/C16H14ClN3O3S/c1-16(12-3-2-8-24-12)14(22)20(15(23)19-16)9-13(21)18-11-6-4-10(17)5-7-11/h2-8H,9H2,1H3,(H,18,21)(H,19,23). The lowest BCUT2D eigenvalue weighted by Crippen LogP contribution is -2.41. The number of carbonyl (C=O) groups is 3. The Labute approximate surface area is 147 Å². The Balaban J connectivity index is 1.71. The molecular weight excluding hydrogens is 350 g/mol. The van der Waals surface area contributed by atoms with E-state index >= 15 is 0 Å². The van der Waals surface area contributed by atoms with E-state index in [0.29, 0.717) is 10.7 Å². The van der Waals surface area contributed by atoms with Crippen molar-refractivity contribution in [3.05, 3.63) is 51.7 Å². The highest BCUT2D eigenvalue weighted by Crippen LogP contribution is 2.31. The monoisotopic (exact) mass is 363 g/mol. The zero-order valence-corrected chi connectivity index (χ0v) is 14.3. The summed E-state index contributed by atoms with van der Waals surface area (Å²) < 4.78 is 0. The molecule has 1 saturated heterocycles. The van der Waals surface area contributed by atoms with Gasteiger partial charge in [-0.1, -0.05) is 17.7 Å². The van der Waals surface area contributed by atoms with Crippen molar-refractivity contribution in [2.45, 2.75) is 12.5 Å². The Bertz CT molecular complexity index is 791. The van der Waals surface area contributed by atoms with E-state index in [4.69, 9.17) is 11.6 Å². The number of nitrogens with one attached hydrogen (secondary N) is 2. The van der Waals surface area contributed by atoms with Crippen LogP contribution in [0.1, 0.15) is 11.8 Å². The maximum atomic E-state index is 12.6. The first-order chi connectivity index (χ1) is 11.4. The number of halogens is 1. The van der Waals surface area contributed by atoms with Crippen LogP contribution in [0, 0.1) is 0 Å². The SMILES string of the molecule is CC1(c2cccs2)NC(=O)N(CC(=O)Nc2ccc(Cl)cc2)C1=O. The third-order valence-electron chi connectivity index (χ3n) is 3.72. The van der Waals surface area contributed by atoms with Crippen LogP contribution in [-0.4, -0.2) is 29.3 Å². The van der Waals surface area contributed by atoms with Gasteiger partial charge in [-0.2, -0.15) is 0 Å². The van der Waals surface area contributed by atoms with Gasteiger partial charge in [-0.05, 0) is 42.6 Å². The fraction of sp³-hybridized carbons (Fsp3) is 0.188. The summed E-state index contributed by atoms with van der Waals surface area (Å²) in [5.74, 6) is -0.905. The molecule has 1 aromatic carbocycles. The molecule has 1 aromatic heterocycles. The lowest BCUT2D eigenvalue weighted by molar-refractivity contribution is -0.133. The summed E-state index contributed by atoms with van der Waals surface area (Å²) in [6.07, 6.45) is 0. The van der Waals surface area contributed by atoms with Crippen molar-refractivity contribution in [1.82, 2.24) is 10.2 Å². The zero-order chi connectivity index (χ0) is 17.3. The molecule has 6 nitrogen and oxygen atoms in total. The van der Waals surface area contributed by atoms with Gasteiger partial charge in [-0.3, -0.25) is 14.5 Å². The number of benzene rings is 1. The van der Waals surface area contributed by atoms with Crippen LogP contribution in [0.15, 0.2) is 41.8 Å². The van der Waals surface area contributed by atoms with Gasteiger partial charge in [0.2, 0.25) is 5.91 Å². The van der Waals surface area contributed by atoms with Crippen molar-refractivity contribution < 1.29 is 14.4 Å². The number of urea groups is 1. The first-order valence-corrected chi connectivity index (χ1v) is 8.39. The first kappa shape index (κ1) is 16.5. The molecular formula is C16H14ClN3O3S. The van der Waals surface area contributed by atoms with E-state index < -0.39 is 23.4 Å². The maximum absolute atomic E-state index is 12.6. The van der Waals surface area contributed by atoms with Crippen LogP contribution < -0.4 is 10.6 Å². The Kier molecular flexibility index (Phi) is 4.29. The van der Waals surface area contributed by atoms with Crippen LogP contribution in [-0.2, 0) is 15.1 Å². The maximum Gasteiger partial charge on any atom is 0.325 e. The van der Waals surface area contributed by atoms with Gasteiger partial charge in [0, 0.05) is 15.6 Å². The summed E-state index contributed by atoms with van der Waals surface area (Å²) in [5, 5.41) is 7.67. The van der Waals surface area contributed by atoms with E-state index in [-0.39, 0.29) is 6.54 Å². The summed E-state index contributed by atoms with van der Waals surface area (Å²) in [7, 11) is 0. The third kappa shape index (κ3) is 3.00. The minimum atomic E-state index is -1.13. The van der Waals surface area contributed by atoms with Gasteiger partial charge in [0.25, 0.3) is 5.91 Å². The van der Waals surface area contributed by atoms with Crippen molar-refractivity contribution in [2.24, 2.45) is 0 Å². The molecule has 2 aromatic rings. The minimum absolute atomic E-state index is 0.353. The first-order valence-electron chi connectivity index (χ1n) is 7.13. The molecule has 1 aliphatic heterocycles. The van der Waals surface area contributed by atoms with Gasteiger partial charge in [-0.15, -0.1) is 11.3 Å². The molecule has 124 valence electrons. The zero-order valence-electron chi connectivity index (χ0n) is 12.7. The topological polar surface area (TPSA) is 78.5 Å². The Morgan fingerprint density at radius 1 is 1.29 bits per heavy atom. The number of thiophene rings is 1. The largest absolute Gasteiger partial charge is 0.325 e. The van der Waals surface area contributed by atoms with Gasteiger partial charge in [0.15, 0.2) is 5.54 Å². The summed E-state index contributed by atoms with van der Waals surface area (Å²) in [5.41, 5.74) is -0.594. The van der Waals surface area contributed by atoms with Crippen LogP contribution in [0.2, 0.25) is 5.02 Å². The second-order valence-corrected chi connectivity index (χ2v) is 6.86. The van der Waals surface area contributed by atoms with Crippen LogP contribution in [0.3, 0.4) is 0 Å². The predicted octanol–water partition coefficient (Wildman–Crippen LogP) is 2.81. The minimum Gasteiger partial charge on any atom is -0.325 e. The van der Waals surface area contributed by atoms with Crippen LogP contribution in [0.5, 0.6) is 0 Å². The highest BCUT2D eigenvalue weighted by molar-refractivity contribution is 7.10. The molecule has 0 spiro atoms. The number of hydrogen-bond acceptors (Lipinski definition) is 4. The highest BCUT2D eigenvalue weighted by Gasteiger charge is 2.50. The summed E-state index contributed by atoms with van der Waals surface area (Å²) in [6, 6.07) is 9.56. The van der Waals surface area contributed by atoms with Crippen molar-refractivity contribution in [2.75, 3.05) is 11.9 Å². The van der Waals surface area contributed by atoms with Gasteiger partial charge in [-0.25, -0.2) is 4.79 Å². The quantitative estimate of drug-likeness (QED) is 0.820. The molecule has 3 rings (SSSR count). The normalized spacial score (nSPS) is 20.2. The summed E-state index contributed by atoms with van der Waals surface area (Å²) in [4.78, 5) is 38.5. The fourth-order valence-corrected chi connectivity index (χ4v) is 3.41. The molecule has 2 heterocycles. The Morgan fingerprint density at radius 2 is 2.00 bits per heavy atom. The Morgan fingerprint density at radius 3 is 2.62 bits per heavy atom. The van der Waals surface area contributed by atoms with E-state index in [1.54, 1.807) is 43.3 Å². The molecule has 24 heavy (non-hydrogen) atoms. The third-order valence-corrected chi connectivity index (χ3v) is 5.06. The lowest BCUT2D eigenvalue weighted by atomic mass is 10.0. The van der Waals surface area contributed by atoms with Crippen molar-refractivity contribution in [3.63, 3.8) is 0 Å². The van der Waals surface area contributed by atoms with Gasteiger partial charge in [0.05, 0.1) is 0 Å². The molecule has 0 saturated carbocycles. The van der Waals surface area contributed by atoms with Crippen LogP contribution >= 0.6 is 22.9 Å². The molecule has 0 aliphatic carbocycles. The molecule has 0 radical (unpaired) electrons. The van der Waals surface area contributed by atoms with Crippen LogP contribution in [0.4, 0.5) is 10.5 Å². The molecule has 4 amide bonds. The molecule has 1 atom stereocenters. The number of hydrogen-bond donors (Lipinski definition) is 2. The number of nitrogens with zero attached hydrogens (tertiary/aromatic N) is 1. The smallest absolute Gasteiger partial charge is 0.325 e. The second-order valence-electron chi connectivity index (χ2n) is 5.48. The summed E-state index contributed by atoms with van der Waals surface area (Å²) >= 11 is 7.16. The molecule has 1 aliphatic rings. The van der Waals surface area contributed by atoms with Crippen molar-refractivity contribution >= 4 is 46.5 Å². The molecule has 1 fully saturated rings. The number of imide groups is 1. The highest BCUT2D eigenvalue weighted by atomic mass is 35.5. The molecule has 8 heteroatoms. The van der Waals surface area contributed by atoms with Gasteiger partial charge >= 0.3 is 6.03 Å². The van der Waals surface area contributed by atoms with Gasteiger partial charge in [0.1, 0.15) is 6.54 Å². The second kappa shape index (κ2) is 6.26. The van der Waals surface area contributed by atoms with E-state index in [2.05, 4.69) is 10.6 Å². The fourth-order valence-electron chi connectivity index (χ4n) is 2.45. The summed E-state index contributed by atoms with van der Waals surface area (Å²) in [6.45, 7) is 1.28. The lowest BCUT2D eigenvalue weighted by Gasteiger charge is -2.19. The number of amides is 4. The van der Waals surface area contributed by atoms with Gasteiger partial charge < -0.3 is 10.6 Å². The average Bonchev–Trinajstić information content (AvgIpc) is 3.14. The number of carbonyl (C=O) groups excluding carboxylic acids is 3. The Hall–Kier alpha value is -2.38.